The topological polar surface area (TPSA) is 6.48 Å². The molecule has 0 bridgehead atoms. The SMILES string of the molecule is Cc1ccc2c(-c3ccc(N(c4ccccc4)c4ccccc4)cc3)c3ccccc3c(-c3ccc(N(c4ccccc4)c4ccccc4)cc3)c2c1. The van der Waals surface area contributed by atoms with E-state index in [1.807, 2.05) is 0 Å². The summed E-state index contributed by atoms with van der Waals surface area (Å²) < 4.78 is 0. The Hall–Kier alpha value is -6.90. The van der Waals surface area contributed by atoms with Gasteiger partial charge in [-0.2, -0.15) is 0 Å². The minimum absolute atomic E-state index is 1.12. The van der Waals surface area contributed by atoms with Gasteiger partial charge in [0.25, 0.3) is 0 Å². The Labute approximate surface area is 311 Å². The van der Waals surface area contributed by atoms with Gasteiger partial charge in [0, 0.05) is 34.1 Å². The molecule has 0 N–H and O–H groups in total. The third-order valence-corrected chi connectivity index (χ3v) is 10.1. The Morgan fingerprint density at radius 1 is 0.264 bits per heavy atom. The molecule has 0 aliphatic heterocycles. The lowest BCUT2D eigenvalue weighted by atomic mass is 9.85. The van der Waals surface area contributed by atoms with Crippen LogP contribution >= 0.6 is 0 Å². The van der Waals surface area contributed by atoms with Crippen LogP contribution in [0.5, 0.6) is 0 Å². The molecule has 0 unspecified atom stereocenters. The van der Waals surface area contributed by atoms with Crippen molar-refractivity contribution in [2.75, 3.05) is 9.80 Å². The minimum Gasteiger partial charge on any atom is -0.311 e. The molecule has 9 aromatic carbocycles. The lowest BCUT2D eigenvalue weighted by Gasteiger charge is -2.26. The molecule has 0 saturated carbocycles. The highest BCUT2D eigenvalue weighted by Gasteiger charge is 2.19. The number of nitrogens with zero attached hydrogens (tertiary/aromatic N) is 2. The first-order valence-electron chi connectivity index (χ1n) is 18.2. The van der Waals surface area contributed by atoms with Gasteiger partial charge in [0.2, 0.25) is 0 Å². The molecule has 0 aromatic heterocycles. The summed E-state index contributed by atoms with van der Waals surface area (Å²) in [6.07, 6.45) is 0. The monoisotopic (exact) mass is 678 g/mol. The van der Waals surface area contributed by atoms with Crippen LogP contribution in [0.15, 0.2) is 212 Å². The Morgan fingerprint density at radius 3 is 0.943 bits per heavy atom. The second kappa shape index (κ2) is 14.0. The van der Waals surface area contributed by atoms with Gasteiger partial charge < -0.3 is 9.80 Å². The summed E-state index contributed by atoms with van der Waals surface area (Å²) in [6.45, 7) is 2.19. The molecular weight excluding hydrogens is 641 g/mol. The maximum Gasteiger partial charge on any atom is 0.0462 e. The van der Waals surface area contributed by atoms with E-state index in [-0.39, 0.29) is 0 Å². The third-order valence-electron chi connectivity index (χ3n) is 10.1. The number of benzene rings is 9. The molecule has 0 spiro atoms. The molecular formula is C51H38N2. The van der Waals surface area contributed by atoms with Crippen LogP contribution in [0.1, 0.15) is 5.56 Å². The van der Waals surface area contributed by atoms with Gasteiger partial charge in [0.1, 0.15) is 0 Å². The van der Waals surface area contributed by atoms with E-state index in [1.165, 1.54) is 49.4 Å². The molecule has 0 amide bonds. The van der Waals surface area contributed by atoms with Gasteiger partial charge in [-0.05, 0) is 124 Å². The van der Waals surface area contributed by atoms with Gasteiger partial charge in [-0.1, -0.05) is 145 Å². The molecule has 2 nitrogen and oxygen atoms in total. The lowest BCUT2D eigenvalue weighted by Crippen LogP contribution is -2.09. The zero-order valence-electron chi connectivity index (χ0n) is 29.6. The van der Waals surface area contributed by atoms with Crippen molar-refractivity contribution in [3.63, 3.8) is 0 Å². The standard InChI is InChI=1S/C51H38N2/c1-37-26-35-48-49(36-37)51(39-29-33-45(34-30-39)53(42-20-10-4-11-21-42)43-22-12-5-13-23-43)47-25-15-14-24-46(47)50(48)38-27-31-44(32-28-38)52(40-16-6-2-7-17-40)41-18-8-3-9-19-41/h2-36H,1H3. The number of rotatable bonds is 8. The first-order chi connectivity index (χ1) is 26.2. The molecule has 2 heteroatoms. The van der Waals surface area contributed by atoms with E-state index in [1.54, 1.807) is 0 Å². The van der Waals surface area contributed by atoms with Crippen molar-refractivity contribution < 1.29 is 0 Å². The molecule has 252 valence electrons. The third kappa shape index (κ3) is 6.11. The van der Waals surface area contributed by atoms with Crippen LogP contribution in [0, 0.1) is 6.92 Å². The number of fused-ring (bicyclic) bond motifs is 2. The first kappa shape index (κ1) is 32.0. The van der Waals surface area contributed by atoms with Gasteiger partial charge in [-0.3, -0.25) is 0 Å². The van der Waals surface area contributed by atoms with Gasteiger partial charge in [-0.15, -0.1) is 0 Å². The zero-order chi connectivity index (χ0) is 35.6. The van der Waals surface area contributed by atoms with E-state index in [9.17, 15) is 0 Å². The first-order valence-corrected chi connectivity index (χ1v) is 18.2. The van der Waals surface area contributed by atoms with Crippen molar-refractivity contribution in [2.24, 2.45) is 0 Å². The maximum absolute atomic E-state index is 2.36. The summed E-state index contributed by atoms with van der Waals surface area (Å²) in [5, 5.41) is 5.00. The summed E-state index contributed by atoms with van der Waals surface area (Å²) in [6, 6.07) is 76.3. The van der Waals surface area contributed by atoms with Gasteiger partial charge in [-0.25, -0.2) is 0 Å². The number of hydrogen-bond donors (Lipinski definition) is 0. The Kier molecular flexibility index (Phi) is 8.47. The van der Waals surface area contributed by atoms with Crippen molar-refractivity contribution in [3.8, 4) is 22.3 Å². The number of anilines is 6. The minimum atomic E-state index is 1.12. The van der Waals surface area contributed by atoms with Crippen molar-refractivity contribution >= 4 is 55.7 Å². The van der Waals surface area contributed by atoms with Crippen LogP contribution in [-0.2, 0) is 0 Å². The van der Waals surface area contributed by atoms with E-state index in [0.29, 0.717) is 0 Å². The summed E-state index contributed by atoms with van der Waals surface area (Å²) in [5.41, 5.74) is 12.9. The average Bonchev–Trinajstić information content (AvgIpc) is 3.22. The van der Waals surface area contributed by atoms with E-state index in [0.717, 1.165) is 34.1 Å². The highest BCUT2D eigenvalue weighted by Crippen LogP contribution is 2.45. The Morgan fingerprint density at radius 2 is 0.566 bits per heavy atom. The van der Waals surface area contributed by atoms with E-state index in [4.69, 9.17) is 0 Å². The smallest absolute Gasteiger partial charge is 0.0462 e. The predicted octanol–water partition coefficient (Wildman–Crippen LogP) is 14.6. The highest BCUT2D eigenvalue weighted by atomic mass is 15.1. The fourth-order valence-corrected chi connectivity index (χ4v) is 7.67. The van der Waals surface area contributed by atoms with Crippen molar-refractivity contribution in [3.05, 3.63) is 218 Å². The average molecular weight is 679 g/mol. The summed E-state index contributed by atoms with van der Waals surface area (Å²) >= 11 is 0. The van der Waals surface area contributed by atoms with Gasteiger partial charge in [0.15, 0.2) is 0 Å². The van der Waals surface area contributed by atoms with Crippen molar-refractivity contribution in [1.29, 1.82) is 0 Å². The number of hydrogen-bond acceptors (Lipinski definition) is 2. The predicted molar refractivity (Wildman–Crippen MR) is 226 cm³/mol. The van der Waals surface area contributed by atoms with Crippen LogP contribution in [0.2, 0.25) is 0 Å². The van der Waals surface area contributed by atoms with Crippen molar-refractivity contribution in [2.45, 2.75) is 6.92 Å². The molecule has 9 aromatic rings. The largest absolute Gasteiger partial charge is 0.311 e. The second-order valence-corrected chi connectivity index (χ2v) is 13.5. The van der Waals surface area contributed by atoms with E-state index < -0.39 is 0 Å². The van der Waals surface area contributed by atoms with Gasteiger partial charge >= 0.3 is 0 Å². The fourth-order valence-electron chi connectivity index (χ4n) is 7.67. The molecule has 0 fully saturated rings. The summed E-state index contributed by atoms with van der Waals surface area (Å²) in [5.74, 6) is 0. The second-order valence-electron chi connectivity index (χ2n) is 13.5. The van der Waals surface area contributed by atoms with Crippen LogP contribution in [0.25, 0.3) is 43.8 Å². The van der Waals surface area contributed by atoms with Crippen LogP contribution in [0.4, 0.5) is 34.1 Å². The molecule has 0 saturated heterocycles. The van der Waals surface area contributed by atoms with E-state index in [2.05, 4.69) is 229 Å². The molecule has 53 heavy (non-hydrogen) atoms. The Balaban J connectivity index is 1.18. The van der Waals surface area contributed by atoms with Crippen molar-refractivity contribution in [1.82, 2.24) is 0 Å². The molecule has 0 heterocycles. The molecule has 0 atom stereocenters. The van der Waals surface area contributed by atoms with E-state index >= 15 is 0 Å². The molecule has 0 aliphatic carbocycles. The van der Waals surface area contributed by atoms with Gasteiger partial charge in [0.05, 0.1) is 0 Å². The highest BCUT2D eigenvalue weighted by molar-refractivity contribution is 6.21. The van der Waals surface area contributed by atoms with Crippen LogP contribution in [-0.4, -0.2) is 0 Å². The maximum atomic E-state index is 2.36. The summed E-state index contributed by atoms with van der Waals surface area (Å²) in [4.78, 5) is 4.63. The molecule has 0 radical (unpaired) electrons. The molecule has 9 rings (SSSR count). The quantitative estimate of drug-likeness (QED) is 0.148. The van der Waals surface area contributed by atoms with Crippen LogP contribution < -0.4 is 9.80 Å². The zero-order valence-corrected chi connectivity index (χ0v) is 29.6. The Bertz CT molecular complexity index is 2560. The summed E-state index contributed by atoms with van der Waals surface area (Å²) in [7, 11) is 0. The fraction of sp³-hybridized carbons (Fsp3) is 0.0196. The number of aryl methyl sites for hydroxylation is 1. The van der Waals surface area contributed by atoms with Crippen LogP contribution in [0.3, 0.4) is 0 Å². The number of para-hydroxylation sites is 4. The normalized spacial score (nSPS) is 11.1. The lowest BCUT2D eigenvalue weighted by molar-refractivity contribution is 1.28. The molecule has 0 aliphatic rings.